The first-order chi connectivity index (χ1) is 11.7. The second kappa shape index (κ2) is 8.01. The van der Waals surface area contributed by atoms with Crippen LogP contribution in [0.2, 0.25) is 5.02 Å². The summed E-state index contributed by atoms with van der Waals surface area (Å²) in [7, 11) is 0. The molecule has 0 radical (unpaired) electrons. The van der Waals surface area contributed by atoms with Gasteiger partial charge < -0.3 is 5.32 Å². The van der Waals surface area contributed by atoms with Crippen molar-refractivity contribution in [3.63, 3.8) is 0 Å². The molecule has 6 heteroatoms. The van der Waals surface area contributed by atoms with Crippen molar-refractivity contribution in [3.8, 4) is 0 Å². The molecular formula is C18H18ClN3S2. The van der Waals surface area contributed by atoms with Crippen LogP contribution in [-0.2, 0) is 0 Å². The Morgan fingerprint density at radius 2 is 2.08 bits per heavy atom. The molecule has 24 heavy (non-hydrogen) atoms. The third kappa shape index (κ3) is 4.09. The van der Waals surface area contributed by atoms with Gasteiger partial charge in [0.05, 0.1) is 5.69 Å². The lowest BCUT2D eigenvalue weighted by molar-refractivity contribution is 0.483. The highest BCUT2D eigenvalue weighted by atomic mass is 35.5. The molecule has 0 spiro atoms. The lowest BCUT2D eigenvalue weighted by atomic mass is 10.2. The van der Waals surface area contributed by atoms with Crippen LogP contribution in [-0.4, -0.2) is 27.0 Å². The van der Waals surface area contributed by atoms with Gasteiger partial charge in [-0.1, -0.05) is 54.6 Å². The number of nitrogens with one attached hydrogen (secondary N) is 1. The number of benzene rings is 2. The van der Waals surface area contributed by atoms with Crippen LogP contribution < -0.4 is 5.32 Å². The van der Waals surface area contributed by atoms with Crippen LogP contribution in [0, 0.1) is 0 Å². The molecule has 1 atom stereocenters. The van der Waals surface area contributed by atoms with E-state index in [9.17, 15) is 0 Å². The van der Waals surface area contributed by atoms with E-state index in [2.05, 4.69) is 17.1 Å². The van der Waals surface area contributed by atoms with E-state index in [1.54, 1.807) is 11.8 Å². The molecule has 2 aromatic rings. The lowest BCUT2D eigenvalue weighted by Crippen LogP contribution is -2.41. The van der Waals surface area contributed by atoms with E-state index in [-0.39, 0.29) is 0 Å². The SMILES string of the molecule is CCC1CSC(=Nc2ccccc2)N1C(=S)Nc1cccc(Cl)c1. The van der Waals surface area contributed by atoms with Gasteiger partial charge in [0.15, 0.2) is 10.3 Å². The number of thioether (sulfide) groups is 1. The second-order valence-corrected chi connectivity index (χ2v) is 7.22. The fourth-order valence-electron chi connectivity index (χ4n) is 2.47. The Bertz CT molecular complexity index is 749. The average molecular weight is 376 g/mol. The number of aliphatic imine (C=N–C) groups is 1. The molecule has 1 aliphatic heterocycles. The van der Waals surface area contributed by atoms with Gasteiger partial charge in [0.2, 0.25) is 0 Å². The van der Waals surface area contributed by atoms with Crippen LogP contribution in [0.5, 0.6) is 0 Å². The highest BCUT2D eigenvalue weighted by molar-refractivity contribution is 8.14. The highest BCUT2D eigenvalue weighted by Crippen LogP contribution is 2.29. The summed E-state index contributed by atoms with van der Waals surface area (Å²) in [5, 5.41) is 5.56. The van der Waals surface area contributed by atoms with Crippen molar-refractivity contribution < 1.29 is 0 Å². The summed E-state index contributed by atoms with van der Waals surface area (Å²) in [6.07, 6.45) is 1.01. The molecule has 0 amide bonds. The van der Waals surface area contributed by atoms with Crippen LogP contribution >= 0.6 is 35.6 Å². The summed E-state index contributed by atoms with van der Waals surface area (Å²) in [5.74, 6) is 0.986. The minimum atomic E-state index is 0.344. The van der Waals surface area contributed by atoms with Crippen LogP contribution in [0.25, 0.3) is 0 Å². The van der Waals surface area contributed by atoms with Crippen molar-refractivity contribution in [2.24, 2.45) is 4.99 Å². The minimum absolute atomic E-state index is 0.344. The zero-order valence-electron chi connectivity index (χ0n) is 13.3. The number of hydrogen-bond acceptors (Lipinski definition) is 3. The van der Waals surface area contributed by atoms with Crippen molar-refractivity contribution in [2.75, 3.05) is 11.1 Å². The molecule has 3 nitrogen and oxygen atoms in total. The predicted octanol–water partition coefficient (Wildman–Crippen LogP) is 5.55. The Balaban J connectivity index is 1.83. The summed E-state index contributed by atoms with van der Waals surface area (Å²) >= 11 is 13.5. The number of rotatable bonds is 3. The largest absolute Gasteiger partial charge is 0.332 e. The van der Waals surface area contributed by atoms with Crippen molar-refractivity contribution in [3.05, 3.63) is 59.6 Å². The molecule has 2 aromatic carbocycles. The van der Waals surface area contributed by atoms with Gasteiger partial charge in [-0.15, -0.1) is 0 Å². The van der Waals surface area contributed by atoms with E-state index >= 15 is 0 Å². The Hall–Kier alpha value is -1.56. The van der Waals surface area contributed by atoms with Crippen molar-refractivity contribution in [1.29, 1.82) is 0 Å². The highest BCUT2D eigenvalue weighted by Gasteiger charge is 2.32. The van der Waals surface area contributed by atoms with E-state index in [0.717, 1.165) is 28.7 Å². The molecule has 0 aromatic heterocycles. The third-order valence-electron chi connectivity index (χ3n) is 3.72. The number of halogens is 1. The summed E-state index contributed by atoms with van der Waals surface area (Å²) in [4.78, 5) is 6.89. The fraction of sp³-hybridized carbons (Fsp3) is 0.222. The lowest BCUT2D eigenvalue weighted by Gasteiger charge is -2.26. The van der Waals surface area contributed by atoms with Crippen LogP contribution in [0.3, 0.4) is 0 Å². The minimum Gasteiger partial charge on any atom is -0.332 e. The number of amidine groups is 1. The van der Waals surface area contributed by atoms with Gasteiger partial charge in [-0.25, -0.2) is 4.99 Å². The normalized spacial score (nSPS) is 18.8. The van der Waals surface area contributed by atoms with Crippen LogP contribution in [0.15, 0.2) is 59.6 Å². The topological polar surface area (TPSA) is 27.6 Å². The molecule has 0 aliphatic carbocycles. The molecule has 1 N–H and O–H groups in total. The maximum Gasteiger partial charge on any atom is 0.179 e. The Kier molecular flexibility index (Phi) is 5.76. The molecule has 1 unspecified atom stereocenters. The zero-order chi connectivity index (χ0) is 16.9. The maximum atomic E-state index is 6.06. The molecular weight excluding hydrogens is 358 g/mol. The van der Waals surface area contributed by atoms with Gasteiger partial charge >= 0.3 is 0 Å². The summed E-state index contributed by atoms with van der Waals surface area (Å²) in [5.41, 5.74) is 1.82. The van der Waals surface area contributed by atoms with Crippen molar-refractivity contribution >= 4 is 57.2 Å². The summed E-state index contributed by atoms with van der Waals surface area (Å²) in [6.45, 7) is 2.17. The number of para-hydroxylation sites is 1. The molecule has 3 rings (SSSR count). The molecule has 1 fully saturated rings. The predicted molar refractivity (Wildman–Crippen MR) is 110 cm³/mol. The second-order valence-electron chi connectivity index (χ2n) is 5.41. The molecule has 1 saturated heterocycles. The van der Waals surface area contributed by atoms with Gasteiger partial charge in [-0.2, -0.15) is 0 Å². The number of hydrogen-bond donors (Lipinski definition) is 1. The van der Waals surface area contributed by atoms with Crippen LogP contribution in [0.4, 0.5) is 11.4 Å². The van der Waals surface area contributed by atoms with Crippen molar-refractivity contribution in [2.45, 2.75) is 19.4 Å². The number of thiocarbonyl (C=S) groups is 1. The van der Waals surface area contributed by atoms with Gasteiger partial charge in [-0.3, -0.25) is 4.90 Å². The maximum absolute atomic E-state index is 6.06. The molecule has 124 valence electrons. The monoisotopic (exact) mass is 375 g/mol. The van der Waals surface area contributed by atoms with Gasteiger partial charge in [0, 0.05) is 22.5 Å². The average Bonchev–Trinajstić information content (AvgIpc) is 2.98. The standard InChI is InChI=1S/C18H18ClN3S2/c1-2-16-12-24-18(21-14-8-4-3-5-9-14)22(16)17(23)20-15-10-6-7-13(19)11-15/h3-11,16H,2,12H2,1H3,(H,20,23). The zero-order valence-corrected chi connectivity index (χ0v) is 15.7. The van der Waals surface area contributed by atoms with Gasteiger partial charge in [-0.05, 0) is 49.0 Å². The smallest absolute Gasteiger partial charge is 0.179 e. The van der Waals surface area contributed by atoms with E-state index in [0.29, 0.717) is 16.2 Å². The number of anilines is 1. The quantitative estimate of drug-likeness (QED) is 0.711. The first kappa shape index (κ1) is 17.3. The van der Waals surface area contributed by atoms with Gasteiger partial charge in [0.1, 0.15) is 0 Å². The first-order valence-electron chi connectivity index (χ1n) is 7.79. The Morgan fingerprint density at radius 3 is 2.79 bits per heavy atom. The van der Waals surface area contributed by atoms with Crippen LogP contribution in [0.1, 0.15) is 13.3 Å². The molecule has 0 bridgehead atoms. The third-order valence-corrected chi connectivity index (χ3v) is 5.35. The van der Waals surface area contributed by atoms with Gasteiger partial charge in [0.25, 0.3) is 0 Å². The van der Waals surface area contributed by atoms with E-state index in [1.165, 1.54) is 0 Å². The Morgan fingerprint density at radius 1 is 1.29 bits per heavy atom. The van der Waals surface area contributed by atoms with Crippen molar-refractivity contribution in [1.82, 2.24) is 4.90 Å². The molecule has 1 heterocycles. The Labute approximate surface area is 157 Å². The molecule has 0 saturated carbocycles. The number of nitrogens with zero attached hydrogens (tertiary/aromatic N) is 2. The first-order valence-corrected chi connectivity index (χ1v) is 9.57. The summed E-state index contributed by atoms with van der Waals surface area (Å²) in [6, 6.07) is 17.9. The van der Waals surface area contributed by atoms with E-state index in [4.69, 9.17) is 28.8 Å². The summed E-state index contributed by atoms with van der Waals surface area (Å²) < 4.78 is 0. The van der Waals surface area contributed by atoms with E-state index < -0.39 is 0 Å². The fourth-order valence-corrected chi connectivity index (χ4v) is 4.35. The van der Waals surface area contributed by atoms with E-state index in [1.807, 2.05) is 54.6 Å². The molecule has 1 aliphatic rings.